The molecule has 0 heterocycles. The summed E-state index contributed by atoms with van der Waals surface area (Å²) in [7, 11) is 0. The summed E-state index contributed by atoms with van der Waals surface area (Å²) < 4.78 is 0. The molecule has 0 aliphatic heterocycles. The maximum atomic E-state index is 9.01. The Hall–Kier alpha value is -0.120. The van der Waals surface area contributed by atoms with Gasteiger partial charge in [0, 0.05) is 38.3 Å². The molecule has 2 saturated carbocycles. The molecule has 2 aliphatic carbocycles. The monoisotopic (exact) mass is 254 g/mol. The lowest BCUT2D eigenvalue weighted by Gasteiger charge is -2.29. The average molecular weight is 254 g/mol. The van der Waals surface area contributed by atoms with Crippen molar-refractivity contribution in [3.8, 4) is 0 Å². The summed E-state index contributed by atoms with van der Waals surface area (Å²) in [5.41, 5.74) is 0. The zero-order chi connectivity index (χ0) is 12.6. The Morgan fingerprint density at radius 3 is 2.28 bits per heavy atom. The number of nitrogens with zero attached hydrogens (tertiary/aromatic N) is 1. The minimum Gasteiger partial charge on any atom is -0.396 e. The lowest BCUT2D eigenvalue weighted by atomic mass is 10.2. The quantitative estimate of drug-likeness (QED) is 0.696. The third-order valence-corrected chi connectivity index (χ3v) is 4.63. The number of aliphatic hydroxyl groups excluding tert-OH is 1. The number of hydrogen-bond donors (Lipinski definition) is 2. The predicted octanol–water partition coefficient (Wildman–Crippen LogP) is 2.15. The molecule has 18 heavy (non-hydrogen) atoms. The van der Waals surface area contributed by atoms with Gasteiger partial charge >= 0.3 is 0 Å². The third kappa shape index (κ3) is 4.52. The highest BCUT2D eigenvalue weighted by Crippen LogP contribution is 2.23. The molecule has 0 aromatic rings. The van der Waals surface area contributed by atoms with Crippen LogP contribution in [0.2, 0.25) is 0 Å². The predicted molar refractivity (Wildman–Crippen MR) is 75.8 cm³/mol. The van der Waals surface area contributed by atoms with E-state index in [1.165, 1.54) is 57.9 Å². The largest absolute Gasteiger partial charge is 0.396 e. The second-order valence-corrected chi connectivity index (χ2v) is 5.99. The van der Waals surface area contributed by atoms with Crippen molar-refractivity contribution in [2.24, 2.45) is 0 Å². The minimum absolute atomic E-state index is 0.333. The Labute approximate surface area is 112 Å². The molecule has 0 amide bonds. The van der Waals surface area contributed by atoms with Crippen LogP contribution in [-0.2, 0) is 0 Å². The smallest absolute Gasteiger partial charge is 0.0443 e. The van der Waals surface area contributed by atoms with E-state index < -0.39 is 0 Å². The number of nitrogens with one attached hydrogen (secondary N) is 1. The topological polar surface area (TPSA) is 35.5 Å². The lowest BCUT2D eigenvalue weighted by Crippen LogP contribution is -2.41. The number of rotatable bonds is 8. The standard InChI is InChI=1S/C15H30N2O/c18-13-5-11-17(15-8-3-4-9-15)12-10-16-14-6-1-2-7-14/h14-16,18H,1-13H2. The van der Waals surface area contributed by atoms with Crippen LogP contribution in [0.3, 0.4) is 0 Å². The van der Waals surface area contributed by atoms with Gasteiger partial charge in [0.25, 0.3) is 0 Å². The molecule has 2 rings (SSSR count). The van der Waals surface area contributed by atoms with Gasteiger partial charge in [0.15, 0.2) is 0 Å². The first-order valence-electron chi connectivity index (χ1n) is 7.98. The van der Waals surface area contributed by atoms with Gasteiger partial charge in [-0.25, -0.2) is 0 Å². The Balaban J connectivity index is 1.66. The minimum atomic E-state index is 0.333. The van der Waals surface area contributed by atoms with E-state index in [-0.39, 0.29) is 0 Å². The maximum absolute atomic E-state index is 9.01. The summed E-state index contributed by atoms with van der Waals surface area (Å²) in [6.07, 6.45) is 12.0. The normalized spacial score (nSPS) is 22.3. The van der Waals surface area contributed by atoms with Crippen LogP contribution in [0.1, 0.15) is 57.8 Å². The van der Waals surface area contributed by atoms with E-state index in [0.717, 1.165) is 31.6 Å². The fourth-order valence-corrected chi connectivity index (χ4v) is 3.56. The first-order valence-corrected chi connectivity index (χ1v) is 7.98. The summed E-state index contributed by atoms with van der Waals surface area (Å²) in [4.78, 5) is 2.62. The Bertz CT molecular complexity index is 211. The van der Waals surface area contributed by atoms with Crippen molar-refractivity contribution < 1.29 is 5.11 Å². The van der Waals surface area contributed by atoms with Crippen LogP contribution in [0.25, 0.3) is 0 Å². The summed E-state index contributed by atoms with van der Waals surface area (Å²) in [6, 6.07) is 1.58. The molecule has 106 valence electrons. The van der Waals surface area contributed by atoms with Crippen LogP contribution in [0, 0.1) is 0 Å². The van der Waals surface area contributed by atoms with Crippen molar-refractivity contribution in [2.45, 2.75) is 69.9 Å². The lowest BCUT2D eigenvalue weighted by molar-refractivity contribution is 0.174. The van der Waals surface area contributed by atoms with Gasteiger partial charge in [-0.1, -0.05) is 25.7 Å². The maximum Gasteiger partial charge on any atom is 0.0443 e. The van der Waals surface area contributed by atoms with Crippen molar-refractivity contribution in [1.82, 2.24) is 10.2 Å². The van der Waals surface area contributed by atoms with E-state index in [1.807, 2.05) is 0 Å². The van der Waals surface area contributed by atoms with Gasteiger partial charge in [-0.2, -0.15) is 0 Å². The fraction of sp³-hybridized carbons (Fsp3) is 1.00. The summed E-state index contributed by atoms with van der Waals surface area (Å²) in [5, 5.41) is 12.7. The van der Waals surface area contributed by atoms with Gasteiger partial charge in [-0.05, 0) is 32.1 Å². The van der Waals surface area contributed by atoms with Crippen molar-refractivity contribution in [3.63, 3.8) is 0 Å². The second-order valence-electron chi connectivity index (χ2n) is 5.99. The van der Waals surface area contributed by atoms with Crippen molar-refractivity contribution in [1.29, 1.82) is 0 Å². The van der Waals surface area contributed by atoms with Crippen LogP contribution >= 0.6 is 0 Å². The molecular weight excluding hydrogens is 224 g/mol. The van der Waals surface area contributed by atoms with Gasteiger partial charge in [0.05, 0.1) is 0 Å². The molecule has 2 aliphatic rings. The van der Waals surface area contributed by atoms with Crippen LogP contribution in [0.15, 0.2) is 0 Å². The third-order valence-electron chi connectivity index (χ3n) is 4.63. The number of hydrogen-bond acceptors (Lipinski definition) is 3. The van der Waals surface area contributed by atoms with Crippen LogP contribution in [0.5, 0.6) is 0 Å². The molecule has 2 fully saturated rings. The van der Waals surface area contributed by atoms with Gasteiger partial charge < -0.3 is 10.4 Å². The average Bonchev–Trinajstić information content (AvgIpc) is 3.05. The van der Waals surface area contributed by atoms with Crippen molar-refractivity contribution in [2.75, 3.05) is 26.2 Å². The van der Waals surface area contributed by atoms with Crippen LogP contribution in [0.4, 0.5) is 0 Å². The first kappa shape index (κ1) is 14.3. The molecular formula is C15H30N2O. The summed E-state index contributed by atoms with van der Waals surface area (Å²) in [5.74, 6) is 0. The Morgan fingerprint density at radius 1 is 0.944 bits per heavy atom. The second kappa shape index (κ2) is 8.13. The van der Waals surface area contributed by atoms with Crippen molar-refractivity contribution in [3.05, 3.63) is 0 Å². The van der Waals surface area contributed by atoms with Gasteiger partial charge in [0.2, 0.25) is 0 Å². The fourth-order valence-electron chi connectivity index (χ4n) is 3.56. The van der Waals surface area contributed by atoms with E-state index in [4.69, 9.17) is 5.11 Å². The highest BCUT2D eigenvalue weighted by atomic mass is 16.3. The molecule has 0 radical (unpaired) electrons. The van der Waals surface area contributed by atoms with Gasteiger partial charge in [-0.3, -0.25) is 4.90 Å². The highest BCUT2D eigenvalue weighted by Gasteiger charge is 2.22. The highest BCUT2D eigenvalue weighted by molar-refractivity contribution is 4.79. The zero-order valence-corrected chi connectivity index (χ0v) is 11.7. The molecule has 3 nitrogen and oxygen atoms in total. The molecule has 0 unspecified atom stereocenters. The van der Waals surface area contributed by atoms with E-state index in [9.17, 15) is 0 Å². The zero-order valence-electron chi connectivity index (χ0n) is 11.7. The van der Waals surface area contributed by atoms with E-state index in [2.05, 4.69) is 10.2 Å². The van der Waals surface area contributed by atoms with E-state index >= 15 is 0 Å². The van der Waals surface area contributed by atoms with Gasteiger partial charge in [0.1, 0.15) is 0 Å². The molecule has 0 atom stereocenters. The van der Waals surface area contributed by atoms with E-state index in [0.29, 0.717) is 6.61 Å². The SMILES string of the molecule is OCCCN(CCNC1CCCC1)C1CCCC1. The molecule has 0 bridgehead atoms. The van der Waals surface area contributed by atoms with Crippen LogP contribution < -0.4 is 5.32 Å². The van der Waals surface area contributed by atoms with E-state index in [1.54, 1.807) is 0 Å². The Morgan fingerprint density at radius 2 is 1.61 bits per heavy atom. The van der Waals surface area contributed by atoms with Gasteiger partial charge in [-0.15, -0.1) is 0 Å². The summed E-state index contributed by atoms with van der Waals surface area (Å²) >= 11 is 0. The van der Waals surface area contributed by atoms with Crippen LogP contribution in [-0.4, -0.2) is 48.3 Å². The first-order chi connectivity index (χ1) is 8.90. The summed E-state index contributed by atoms with van der Waals surface area (Å²) in [6.45, 7) is 3.71. The molecule has 0 aromatic heterocycles. The molecule has 0 aromatic carbocycles. The molecule has 2 N–H and O–H groups in total. The molecule has 0 spiro atoms. The Kier molecular flexibility index (Phi) is 6.46. The molecule has 0 saturated heterocycles. The number of aliphatic hydroxyl groups is 1. The van der Waals surface area contributed by atoms with Crippen molar-refractivity contribution >= 4 is 0 Å². The molecule has 3 heteroatoms.